The lowest BCUT2D eigenvalue weighted by Gasteiger charge is -2.18. The van der Waals surface area contributed by atoms with E-state index in [0.29, 0.717) is 23.1 Å². The van der Waals surface area contributed by atoms with Crippen LogP contribution in [0.3, 0.4) is 0 Å². The number of allylic oxidation sites excluding steroid dienone is 3. The first kappa shape index (κ1) is 17.2. The number of likely N-dealkylation sites (N-methyl/N-ethyl adjacent to an activating group) is 1. The topological polar surface area (TPSA) is 54.5 Å². The third-order valence-corrected chi connectivity index (χ3v) is 3.99. The highest BCUT2D eigenvalue weighted by molar-refractivity contribution is 6.50. The number of hydrogen-bond donors (Lipinski definition) is 0. The molecule has 0 fully saturated rings. The number of rotatable bonds is 4. The predicted molar refractivity (Wildman–Crippen MR) is 89.7 cm³/mol. The van der Waals surface area contributed by atoms with Gasteiger partial charge in [0, 0.05) is 36.4 Å². The highest BCUT2D eigenvalue weighted by Crippen LogP contribution is 2.30. The Balaban J connectivity index is 2.55. The van der Waals surface area contributed by atoms with E-state index in [4.69, 9.17) is 11.6 Å². The van der Waals surface area contributed by atoms with Crippen molar-refractivity contribution in [3.63, 3.8) is 0 Å². The minimum atomic E-state index is -0.388. The molecule has 0 aromatic heterocycles. The van der Waals surface area contributed by atoms with Gasteiger partial charge in [0.2, 0.25) is 11.7 Å². The summed E-state index contributed by atoms with van der Waals surface area (Å²) in [6, 6.07) is 6.56. The van der Waals surface area contributed by atoms with E-state index in [-0.39, 0.29) is 28.1 Å². The molecule has 0 spiro atoms. The molecule has 0 unspecified atom stereocenters. The second kappa shape index (κ2) is 6.92. The van der Waals surface area contributed by atoms with Crippen LogP contribution in [0.15, 0.2) is 46.5 Å². The summed E-state index contributed by atoms with van der Waals surface area (Å²) in [6.07, 6.45) is 2.72. The number of hydrogen-bond acceptors (Lipinski definition) is 3. The first-order chi connectivity index (χ1) is 10.9. The van der Waals surface area contributed by atoms with Crippen LogP contribution in [0.2, 0.25) is 0 Å². The maximum Gasteiger partial charge on any atom is 0.249 e. The van der Waals surface area contributed by atoms with Crippen molar-refractivity contribution in [2.75, 3.05) is 14.1 Å². The first-order valence-electron chi connectivity index (χ1n) is 7.38. The monoisotopic (exact) mass is 331 g/mol. The average Bonchev–Trinajstić information content (AvgIpc) is 2.55. The SMILES string of the molecule is CCC/C(=C\C1=C(Cl)C(=O)c2ccccc2C1=O)C(=O)N(C)C. The van der Waals surface area contributed by atoms with Crippen molar-refractivity contribution < 1.29 is 14.4 Å². The van der Waals surface area contributed by atoms with E-state index in [1.165, 1.54) is 11.0 Å². The minimum Gasteiger partial charge on any atom is -0.345 e. The van der Waals surface area contributed by atoms with Crippen LogP contribution in [0.1, 0.15) is 40.5 Å². The zero-order valence-electron chi connectivity index (χ0n) is 13.4. The molecule has 1 aromatic rings. The van der Waals surface area contributed by atoms with Crippen molar-refractivity contribution in [1.29, 1.82) is 0 Å². The Morgan fingerprint density at radius 3 is 2.22 bits per heavy atom. The van der Waals surface area contributed by atoms with Crippen molar-refractivity contribution in [3.05, 3.63) is 57.6 Å². The van der Waals surface area contributed by atoms with Crippen LogP contribution in [-0.2, 0) is 4.79 Å². The first-order valence-corrected chi connectivity index (χ1v) is 7.76. The van der Waals surface area contributed by atoms with Crippen molar-refractivity contribution in [1.82, 2.24) is 4.90 Å². The second-order valence-corrected chi connectivity index (χ2v) is 5.93. The van der Waals surface area contributed by atoms with Gasteiger partial charge in [-0.05, 0) is 12.5 Å². The fourth-order valence-electron chi connectivity index (χ4n) is 2.46. The molecular formula is C18H18ClNO3. The van der Waals surface area contributed by atoms with E-state index in [2.05, 4.69) is 0 Å². The van der Waals surface area contributed by atoms with Gasteiger partial charge < -0.3 is 4.90 Å². The molecule has 1 aliphatic carbocycles. The molecule has 0 N–H and O–H groups in total. The molecule has 0 atom stereocenters. The Bertz CT molecular complexity index is 744. The fourth-order valence-corrected chi connectivity index (χ4v) is 2.71. The van der Waals surface area contributed by atoms with E-state index < -0.39 is 0 Å². The summed E-state index contributed by atoms with van der Waals surface area (Å²) >= 11 is 6.12. The maximum atomic E-state index is 12.6. The van der Waals surface area contributed by atoms with Gasteiger partial charge in [-0.1, -0.05) is 49.2 Å². The van der Waals surface area contributed by atoms with Gasteiger partial charge in [-0.2, -0.15) is 0 Å². The molecule has 0 saturated heterocycles. The molecule has 0 bridgehead atoms. The molecular weight excluding hydrogens is 314 g/mol. The van der Waals surface area contributed by atoms with Gasteiger partial charge in [-0.25, -0.2) is 0 Å². The average molecular weight is 332 g/mol. The molecule has 120 valence electrons. The minimum absolute atomic E-state index is 0.0917. The number of carbonyl (C=O) groups is 3. The summed E-state index contributed by atoms with van der Waals surface area (Å²) in [5, 5.41) is -0.131. The number of ketones is 2. The normalized spacial score (nSPS) is 14.9. The predicted octanol–water partition coefficient (Wildman–Crippen LogP) is 3.37. The van der Waals surface area contributed by atoms with Crippen LogP contribution < -0.4 is 0 Å². The molecule has 0 saturated carbocycles. The number of carbonyl (C=O) groups excluding carboxylic acids is 3. The van der Waals surface area contributed by atoms with E-state index in [1.54, 1.807) is 38.4 Å². The third kappa shape index (κ3) is 3.27. The van der Waals surface area contributed by atoms with Crippen LogP contribution in [0.4, 0.5) is 0 Å². The van der Waals surface area contributed by atoms with Gasteiger partial charge >= 0.3 is 0 Å². The molecule has 1 aliphatic rings. The van der Waals surface area contributed by atoms with Crippen LogP contribution in [0, 0.1) is 0 Å². The van der Waals surface area contributed by atoms with E-state index in [1.807, 2.05) is 6.92 Å². The molecule has 4 nitrogen and oxygen atoms in total. The Hall–Kier alpha value is -2.20. The van der Waals surface area contributed by atoms with Gasteiger partial charge in [-0.15, -0.1) is 0 Å². The molecule has 0 heterocycles. The van der Waals surface area contributed by atoms with Crippen LogP contribution in [-0.4, -0.2) is 36.5 Å². The molecule has 1 amide bonds. The lowest BCUT2D eigenvalue weighted by molar-refractivity contribution is -0.124. The maximum absolute atomic E-state index is 12.6. The van der Waals surface area contributed by atoms with Gasteiger partial charge in [0.25, 0.3) is 0 Å². The van der Waals surface area contributed by atoms with E-state index in [0.717, 1.165) is 6.42 Å². The second-order valence-electron chi connectivity index (χ2n) is 5.55. The number of nitrogens with zero attached hydrogens (tertiary/aromatic N) is 1. The van der Waals surface area contributed by atoms with E-state index in [9.17, 15) is 14.4 Å². The summed E-state index contributed by atoms with van der Waals surface area (Å²) in [6.45, 7) is 1.94. The fraction of sp³-hybridized carbons (Fsp3) is 0.278. The van der Waals surface area contributed by atoms with Crippen molar-refractivity contribution >= 4 is 29.1 Å². The van der Waals surface area contributed by atoms with E-state index >= 15 is 0 Å². The Morgan fingerprint density at radius 2 is 1.70 bits per heavy atom. The number of amides is 1. The van der Waals surface area contributed by atoms with Crippen LogP contribution in [0.5, 0.6) is 0 Å². The zero-order valence-corrected chi connectivity index (χ0v) is 14.1. The summed E-state index contributed by atoms with van der Waals surface area (Å²) < 4.78 is 0. The van der Waals surface area contributed by atoms with Gasteiger partial charge in [0.05, 0.1) is 5.03 Å². The number of benzene rings is 1. The summed E-state index contributed by atoms with van der Waals surface area (Å²) in [4.78, 5) is 38.7. The summed E-state index contributed by atoms with van der Waals surface area (Å²) in [5.74, 6) is -0.908. The zero-order chi connectivity index (χ0) is 17.1. The van der Waals surface area contributed by atoms with Gasteiger partial charge in [0.15, 0.2) is 5.78 Å². The summed E-state index contributed by atoms with van der Waals surface area (Å²) in [5.41, 5.74) is 1.18. The van der Waals surface area contributed by atoms with Gasteiger partial charge in [-0.3, -0.25) is 14.4 Å². The van der Waals surface area contributed by atoms with Crippen molar-refractivity contribution in [2.45, 2.75) is 19.8 Å². The number of fused-ring (bicyclic) bond motifs is 1. The molecule has 23 heavy (non-hydrogen) atoms. The highest BCUT2D eigenvalue weighted by Gasteiger charge is 2.30. The highest BCUT2D eigenvalue weighted by atomic mass is 35.5. The lowest BCUT2D eigenvalue weighted by atomic mass is 9.88. The van der Waals surface area contributed by atoms with Gasteiger partial charge in [0.1, 0.15) is 0 Å². The van der Waals surface area contributed by atoms with Crippen LogP contribution >= 0.6 is 11.6 Å². The number of halogens is 1. The van der Waals surface area contributed by atoms with Crippen LogP contribution in [0.25, 0.3) is 0 Å². The third-order valence-electron chi connectivity index (χ3n) is 3.62. The quantitative estimate of drug-likeness (QED) is 0.795. The molecule has 5 heteroatoms. The summed E-state index contributed by atoms with van der Waals surface area (Å²) in [7, 11) is 3.29. The Morgan fingerprint density at radius 1 is 1.13 bits per heavy atom. The molecule has 0 aliphatic heterocycles. The Kier molecular flexibility index (Phi) is 5.16. The molecule has 2 rings (SSSR count). The lowest BCUT2D eigenvalue weighted by Crippen LogP contribution is -2.25. The smallest absolute Gasteiger partial charge is 0.249 e. The standard InChI is InChI=1S/C18H18ClNO3/c1-4-7-11(18(23)20(2)3)10-14-15(19)17(22)13-9-6-5-8-12(13)16(14)21/h5-6,8-10H,4,7H2,1-3H3/b11-10+. The Labute approximate surface area is 140 Å². The number of Topliss-reactive ketones (excluding diaryl/α,β-unsaturated/α-hetero) is 2. The molecule has 1 aromatic carbocycles. The van der Waals surface area contributed by atoms with Crippen molar-refractivity contribution in [2.24, 2.45) is 0 Å². The van der Waals surface area contributed by atoms with Crippen molar-refractivity contribution in [3.8, 4) is 0 Å². The molecule has 0 radical (unpaired) electrons. The largest absolute Gasteiger partial charge is 0.345 e.